The molecule has 0 heterocycles. The highest BCUT2D eigenvalue weighted by atomic mass is 19.1. The molecule has 1 aromatic carbocycles. The van der Waals surface area contributed by atoms with Gasteiger partial charge in [0.05, 0.1) is 5.56 Å². The molecule has 0 saturated carbocycles. The molecule has 0 radical (unpaired) electrons. The monoisotopic (exact) mass is 269 g/mol. The van der Waals surface area contributed by atoms with Gasteiger partial charge >= 0.3 is 6.03 Å². The number of aromatic hydroxyl groups is 1. The summed E-state index contributed by atoms with van der Waals surface area (Å²) in [6.45, 7) is 0.418. The average Bonchev–Trinajstić information content (AvgIpc) is 2.33. The fourth-order valence-corrected chi connectivity index (χ4v) is 1.29. The van der Waals surface area contributed by atoms with Crippen molar-refractivity contribution in [1.29, 1.82) is 0 Å². The molecule has 0 aliphatic heterocycles. The van der Waals surface area contributed by atoms with Gasteiger partial charge in [-0.2, -0.15) is 0 Å². The van der Waals surface area contributed by atoms with E-state index in [1.165, 1.54) is 17.0 Å². The van der Waals surface area contributed by atoms with Crippen LogP contribution in [0.15, 0.2) is 18.2 Å². The molecule has 1 aromatic rings. The lowest BCUT2D eigenvalue weighted by atomic mass is 10.2. The molecule has 6 nitrogen and oxygen atoms in total. The van der Waals surface area contributed by atoms with Crippen LogP contribution in [0.4, 0.5) is 9.18 Å². The molecule has 104 valence electrons. The number of benzene rings is 1. The third-order valence-electron chi connectivity index (χ3n) is 2.29. The number of nitrogens with zero attached hydrogens (tertiary/aromatic N) is 1. The molecule has 0 spiro atoms. The Morgan fingerprint density at radius 2 is 1.89 bits per heavy atom. The van der Waals surface area contributed by atoms with Gasteiger partial charge in [0.2, 0.25) is 0 Å². The lowest BCUT2D eigenvalue weighted by molar-refractivity contribution is 0.0949. The second kappa shape index (κ2) is 6.58. The maximum absolute atomic E-state index is 13.3. The number of carbonyl (C=O) groups excluding carboxylic acids is 2. The molecule has 7 heteroatoms. The van der Waals surface area contributed by atoms with Crippen molar-refractivity contribution in [3.8, 4) is 5.75 Å². The van der Waals surface area contributed by atoms with Crippen molar-refractivity contribution in [2.45, 2.75) is 0 Å². The third kappa shape index (κ3) is 4.46. The molecule has 0 aliphatic rings. The highest BCUT2D eigenvalue weighted by Crippen LogP contribution is 2.14. The summed E-state index contributed by atoms with van der Waals surface area (Å²) >= 11 is 0. The normalized spacial score (nSPS) is 9.84. The van der Waals surface area contributed by atoms with Gasteiger partial charge in [-0.1, -0.05) is 0 Å². The molecular weight excluding hydrogens is 253 g/mol. The van der Waals surface area contributed by atoms with E-state index < -0.39 is 11.7 Å². The van der Waals surface area contributed by atoms with E-state index in [4.69, 9.17) is 5.11 Å². The number of halogens is 1. The van der Waals surface area contributed by atoms with Gasteiger partial charge in [-0.05, 0) is 12.1 Å². The summed E-state index contributed by atoms with van der Waals surface area (Å²) in [4.78, 5) is 24.1. The lowest BCUT2D eigenvalue weighted by Crippen LogP contribution is -2.39. The molecule has 19 heavy (non-hydrogen) atoms. The number of hydrogen-bond acceptors (Lipinski definition) is 3. The molecule has 0 unspecified atom stereocenters. The zero-order valence-electron chi connectivity index (χ0n) is 10.7. The van der Waals surface area contributed by atoms with Crippen LogP contribution in [0.25, 0.3) is 0 Å². The Morgan fingerprint density at radius 3 is 2.47 bits per heavy atom. The number of urea groups is 1. The van der Waals surface area contributed by atoms with Crippen LogP contribution in [0.5, 0.6) is 5.75 Å². The molecule has 1 rings (SSSR count). The van der Waals surface area contributed by atoms with Crippen molar-refractivity contribution in [2.75, 3.05) is 27.2 Å². The van der Waals surface area contributed by atoms with E-state index in [1.54, 1.807) is 14.1 Å². The van der Waals surface area contributed by atoms with Gasteiger partial charge in [-0.3, -0.25) is 4.79 Å². The maximum atomic E-state index is 13.3. The first-order valence-corrected chi connectivity index (χ1v) is 5.63. The summed E-state index contributed by atoms with van der Waals surface area (Å²) < 4.78 is 13.3. The third-order valence-corrected chi connectivity index (χ3v) is 2.29. The van der Waals surface area contributed by atoms with Crippen LogP contribution in [0.1, 0.15) is 10.4 Å². The summed E-state index contributed by atoms with van der Waals surface area (Å²) in [7, 11) is 3.19. The van der Waals surface area contributed by atoms with Crippen molar-refractivity contribution in [1.82, 2.24) is 15.5 Å². The number of amides is 3. The van der Waals surface area contributed by atoms with Crippen LogP contribution < -0.4 is 10.6 Å². The number of rotatable bonds is 4. The number of phenols is 1. The van der Waals surface area contributed by atoms with Crippen molar-refractivity contribution < 1.29 is 19.1 Å². The van der Waals surface area contributed by atoms with E-state index in [1.807, 2.05) is 0 Å². The first-order chi connectivity index (χ1) is 8.91. The Morgan fingerprint density at radius 1 is 1.26 bits per heavy atom. The van der Waals surface area contributed by atoms with Crippen molar-refractivity contribution >= 4 is 11.9 Å². The minimum atomic E-state index is -0.796. The van der Waals surface area contributed by atoms with Crippen molar-refractivity contribution in [2.24, 2.45) is 0 Å². The van der Waals surface area contributed by atoms with Gasteiger partial charge in [0.1, 0.15) is 11.6 Å². The van der Waals surface area contributed by atoms with Gasteiger partial charge < -0.3 is 20.6 Å². The van der Waals surface area contributed by atoms with Crippen LogP contribution in [0.3, 0.4) is 0 Å². The molecule has 0 aromatic heterocycles. The van der Waals surface area contributed by atoms with Gasteiger partial charge in [0, 0.05) is 33.3 Å². The SMILES string of the molecule is CN(C)C(=O)NCCNC(=O)c1ccc(O)cc1F. The van der Waals surface area contributed by atoms with E-state index in [-0.39, 0.29) is 30.4 Å². The zero-order valence-corrected chi connectivity index (χ0v) is 10.7. The first kappa shape index (κ1) is 14.7. The Balaban J connectivity index is 2.41. The van der Waals surface area contributed by atoms with Gasteiger partial charge in [0.15, 0.2) is 0 Å². The number of carbonyl (C=O) groups is 2. The first-order valence-electron chi connectivity index (χ1n) is 5.63. The van der Waals surface area contributed by atoms with E-state index in [0.717, 1.165) is 6.07 Å². The van der Waals surface area contributed by atoms with Crippen LogP contribution in [-0.2, 0) is 0 Å². The summed E-state index contributed by atoms with van der Waals surface area (Å²) in [6.07, 6.45) is 0. The molecule has 0 fully saturated rings. The highest BCUT2D eigenvalue weighted by Gasteiger charge is 2.11. The van der Waals surface area contributed by atoms with Crippen molar-refractivity contribution in [3.05, 3.63) is 29.6 Å². The van der Waals surface area contributed by atoms with Crippen molar-refractivity contribution in [3.63, 3.8) is 0 Å². The Hall–Kier alpha value is -2.31. The summed E-state index contributed by atoms with van der Waals surface area (Å²) in [5.41, 5.74) is -0.156. The predicted molar refractivity (Wildman–Crippen MR) is 67.5 cm³/mol. The zero-order chi connectivity index (χ0) is 14.4. The van der Waals surface area contributed by atoms with Crippen LogP contribution in [-0.4, -0.2) is 49.1 Å². The molecule has 0 atom stereocenters. The summed E-state index contributed by atoms with van der Waals surface area (Å²) in [6, 6.07) is 3.01. The minimum absolute atomic E-state index is 0.156. The highest BCUT2D eigenvalue weighted by molar-refractivity contribution is 5.94. The van der Waals surface area contributed by atoms with E-state index >= 15 is 0 Å². The van der Waals surface area contributed by atoms with Crippen LogP contribution >= 0.6 is 0 Å². The Bertz CT molecular complexity index is 477. The molecular formula is C12H16FN3O3. The fraction of sp³-hybridized carbons (Fsp3) is 0.333. The number of hydrogen-bond donors (Lipinski definition) is 3. The standard InChI is InChI=1S/C12H16FN3O3/c1-16(2)12(19)15-6-5-14-11(18)9-4-3-8(17)7-10(9)13/h3-4,7,17H,5-6H2,1-2H3,(H,14,18)(H,15,19). The fourth-order valence-electron chi connectivity index (χ4n) is 1.29. The molecule has 0 saturated heterocycles. The van der Waals surface area contributed by atoms with Crippen LogP contribution in [0, 0.1) is 5.82 Å². The molecule has 0 bridgehead atoms. The smallest absolute Gasteiger partial charge is 0.316 e. The average molecular weight is 269 g/mol. The predicted octanol–water partition coefficient (Wildman–Crippen LogP) is 0.532. The number of nitrogens with one attached hydrogen (secondary N) is 2. The Kier molecular flexibility index (Phi) is 5.11. The second-order valence-corrected chi connectivity index (χ2v) is 4.05. The minimum Gasteiger partial charge on any atom is -0.508 e. The quantitative estimate of drug-likeness (QED) is 0.697. The summed E-state index contributed by atoms with van der Waals surface area (Å²) in [5.74, 6) is -1.64. The Labute approximate surface area is 110 Å². The maximum Gasteiger partial charge on any atom is 0.316 e. The van der Waals surface area contributed by atoms with E-state index in [9.17, 15) is 14.0 Å². The molecule has 3 amide bonds. The largest absolute Gasteiger partial charge is 0.508 e. The lowest BCUT2D eigenvalue weighted by Gasteiger charge is -2.12. The second-order valence-electron chi connectivity index (χ2n) is 4.05. The number of phenolic OH excluding ortho intramolecular Hbond substituents is 1. The van der Waals surface area contributed by atoms with E-state index in [0.29, 0.717) is 0 Å². The van der Waals surface area contributed by atoms with Gasteiger partial charge in [-0.25, -0.2) is 9.18 Å². The van der Waals surface area contributed by atoms with E-state index in [2.05, 4.69) is 10.6 Å². The topological polar surface area (TPSA) is 81.7 Å². The molecule has 0 aliphatic carbocycles. The summed E-state index contributed by atoms with van der Waals surface area (Å²) in [5, 5.41) is 14.0. The van der Waals surface area contributed by atoms with Gasteiger partial charge in [0.25, 0.3) is 5.91 Å². The van der Waals surface area contributed by atoms with Crippen LogP contribution in [0.2, 0.25) is 0 Å². The molecule has 3 N–H and O–H groups in total. The van der Waals surface area contributed by atoms with Gasteiger partial charge in [-0.15, -0.1) is 0 Å².